The molecular weight excluding hydrogens is 335 g/mol. The van der Waals surface area contributed by atoms with Gasteiger partial charge in [0.05, 0.1) is 24.3 Å². The maximum atomic E-state index is 14.7. The second-order valence-corrected chi connectivity index (χ2v) is 8.01. The maximum absolute atomic E-state index is 14.7. The Morgan fingerprint density at radius 1 is 1.27 bits per heavy atom. The molecule has 1 aliphatic carbocycles. The van der Waals surface area contributed by atoms with Crippen molar-refractivity contribution < 1.29 is 13.9 Å². The SMILES string of the molecule is O=CN1CCC(c2c(F)cnc3[nH]c(C45CCC(CC4)OC5)nc23)CC1. The Kier molecular flexibility index (Phi) is 3.74. The van der Waals surface area contributed by atoms with E-state index in [2.05, 4.69) is 9.97 Å². The average Bonchev–Trinajstić information content (AvgIpc) is 3.15. The largest absolute Gasteiger partial charge is 0.377 e. The molecule has 0 unspecified atom stereocenters. The van der Waals surface area contributed by atoms with Gasteiger partial charge in [0.1, 0.15) is 17.2 Å². The predicted octanol–water partition coefficient (Wildman–Crippen LogP) is 2.64. The molecule has 4 aliphatic rings. The fraction of sp³-hybridized carbons (Fsp3) is 0.632. The van der Waals surface area contributed by atoms with Gasteiger partial charge in [-0.15, -0.1) is 0 Å². The van der Waals surface area contributed by atoms with E-state index in [9.17, 15) is 9.18 Å². The van der Waals surface area contributed by atoms with E-state index in [1.807, 2.05) is 0 Å². The minimum atomic E-state index is -0.291. The number of fused-ring (bicyclic) bond motifs is 4. The second kappa shape index (κ2) is 6.01. The monoisotopic (exact) mass is 358 g/mol. The molecule has 0 aromatic carbocycles. The molecule has 2 aromatic rings. The number of H-pyrrole nitrogens is 1. The summed E-state index contributed by atoms with van der Waals surface area (Å²) in [5.74, 6) is 0.681. The fourth-order valence-electron chi connectivity index (χ4n) is 4.92. The third-order valence-corrected chi connectivity index (χ3v) is 6.58. The number of ether oxygens (including phenoxy) is 1. The summed E-state index contributed by atoms with van der Waals surface area (Å²) in [7, 11) is 0. The van der Waals surface area contributed by atoms with Gasteiger partial charge >= 0.3 is 0 Å². The van der Waals surface area contributed by atoms with E-state index < -0.39 is 0 Å². The highest BCUT2D eigenvalue weighted by atomic mass is 19.1. The molecule has 26 heavy (non-hydrogen) atoms. The van der Waals surface area contributed by atoms with E-state index in [4.69, 9.17) is 9.72 Å². The molecule has 0 radical (unpaired) electrons. The van der Waals surface area contributed by atoms with Gasteiger partial charge in [0.15, 0.2) is 5.65 Å². The van der Waals surface area contributed by atoms with Crippen molar-refractivity contribution in [3.63, 3.8) is 0 Å². The first-order chi connectivity index (χ1) is 12.7. The summed E-state index contributed by atoms with van der Waals surface area (Å²) in [6, 6.07) is 0. The van der Waals surface area contributed by atoms with E-state index in [1.165, 1.54) is 6.20 Å². The van der Waals surface area contributed by atoms with Crippen LogP contribution in [-0.4, -0.2) is 52.1 Å². The van der Waals surface area contributed by atoms with Crippen molar-refractivity contribution in [2.75, 3.05) is 19.7 Å². The topological polar surface area (TPSA) is 71.1 Å². The number of rotatable bonds is 3. The summed E-state index contributed by atoms with van der Waals surface area (Å²) in [5.41, 5.74) is 1.90. The first-order valence-electron chi connectivity index (χ1n) is 9.54. The van der Waals surface area contributed by atoms with Crippen LogP contribution < -0.4 is 0 Å². The lowest BCUT2D eigenvalue weighted by atomic mass is 9.71. The molecule has 3 aliphatic heterocycles. The molecule has 1 amide bonds. The highest BCUT2D eigenvalue weighted by molar-refractivity contribution is 5.76. The number of amides is 1. The van der Waals surface area contributed by atoms with Crippen LogP contribution in [0.1, 0.15) is 55.8 Å². The minimum Gasteiger partial charge on any atom is -0.377 e. The van der Waals surface area contributed by atoms with Crippen molar-refractivity contribution in [3.05, 3.63) is 23.4 Å². The van der Waals surface area contributed by atoms with E-state index in [0.29, 0.717) is 42.5 Å². The standard InChI is InChI=1S/C19H23FN4O2/c20-14-9-21-17-16(15(14)12-3-7-24(11-25)8-4-12)22-18(23-17)19-5-1-13(2-6-19)26-10-19/h9,11-13H,1-8,10H2,(H,21,22,23). The Hall–Kier alpha value is -2.02. The Morgan fingerprint density at radius 3 is 2.69 bits per heavy atom. The van der Waals surface area contributed by atoms with Gasteiger partial charge in [0.25, 0.3) is 0 Å². The van der Waals surface area contributed by atoms with Crippen LogP contribution in [-0.2, 0) is 14.9 Å². The van der Waals surface area contributed by atoms with Gasteiger partial charge in [-0.25, -0.2) is 14.4 Å². The number of piperidine rings is 1. The third kappa shape index (κ3) is 2.44. The summed E-state index contributed by atoms with van der Waals surface area (Å²) < 4.78 is 20.6. The lowest BCUT2D eigenvalue weighted by Gasteiger charge is -2.44. The van der Waals surface area contributed by atoms with Crippen molar-refractivity contribution in [1.82, 2.24) is 19.9 Å². The number of carbonyl (C=O) groups is 1. The molecule has 1 saturated carbocycles. The molecule has 0 spiro atoms. The summed E-state index contributed by atoms with van der Waals surface area (Å²) >= 11 is 0. The van der Waals surface area contributed by atoms with Crippen LogP contribution >= 0.6 is 0 Å². The van der Waals surface area contributed by atoms with Gasteiger partial charge in [0.2, 0.25) is 6.41 Å². The van der Waals surface area contributed by atoms with Gasteiger partial charge in [-0.05, 0) is 44.4 Å². The highest BCUT2D eigenvalue weighted by Crippen LogP contribution is 2.45. The number of aromatic nitrogens is 3. The van der Waals surface area contributed by atoms with Crippen LogP contribution in [0, 0.1) is 5.82 Å². The summed E-state index contributed by atoms with van der Waals surface area (Å²) in [6.07, 6.45) is 8.35. The Balaban J connectivity index is 1.53. The minimum absolute atomic E-state index is 0.0729. The first-order valence-corrected chi connectivity index (χ1v) is 9.54. The number of halogens is 1. The number of nitrogens with one attached hydrogen (secondary N) is 1. The number of imidazole rings is 1. The quantitative estimate of drug-likeness (QED) is 0.857. The summed E-state index contributed by atoms with van der Waals surface area (Å²) in [5, 5.41) is 0. The summed E-state index contributed by atoms with van der Waals surface area (Å²) in [4.78, 5) is 25.2. The van der Waals surface area contributed by atoms with Crippen LogP contribution in [0.15, 0.2) is 6.20 Å². The number of hydrogen-bond acceptors (Lipinski definition) is 4. The lowest BCUT2D eigenvalue weighted by molar-refractivity contribution is -0.119. The van der Waals surface area contributed by atoms with Crippen molar-refractivity contribution in [1.29, 1.82) is 0 Å². The zero-order valence-electron chi connectivity index (χ0n) is 14.7. The average molecular weight is 358 g/mol. The molecule has 0 atom stereocenters. The molecule has 4 fully saturated rings. The highest BCUT2D eigenvalue weighted by Gasteiger charge is 2.45. The van der Waals surface area contributed by atoms with Crippen LogP contribution in [0.5, 0.6) is 0 Å². The van der Waals surface area contributed by atoms with Crippen molar-refractivity contribution in [2.45, 2.75) is 56.0 Å². The number of hydrogen-bond donors (Lipinski definition) is 1. The zero-order chi connectivity index (χ0) is 17.7. The van der Waals surface area contributed by atoms with Crippen LogP contribution in [0.2, 0.25) is 0 Å². The molecule has 2 aromatic heterocycles. The molecule has 1 N–H and O–H groups in total. The van der Waals surface area contributed by atoms with E-state index >= 15 is 0 Å². The zero-order valence-corrected chi connectivity index (χ0v) is 14.7. The fourth-order valence-corrected chi connectivity index (χ4v) is 4.92. The second-order valence-electron chi connectivity index (χ2n) is 8.01. The Morgan fingerprint density at radius 2 is 2.04 bits per heavy atom. The van der Waals surface area contributed by atoms with E-state index in [1.54, 1.807) is 4.90 Å². The maximum Gasteiger partial charge on any atom is 0.209 e. The van der Waals surface area contributed by atoms with E-state index in [-0.39, 0.29) is 17.2 Å². The van der Waals surface area contributed by atoms with Gasteiger partial charge in [-0.2, -0.15) is 0 Å². The summed E-state index contributed by atoms with van der Waals surface area (Å²) in [6.45, 7) is 2.01. The van der Waals surface area contributed by atoms with Gasteiger partial charge in [-0.3, -0.25) is 4.79 Å². The molecule has 138 valence electrons. The smallest absolute Gasteiger partial charge is 0.209 e. The van der Waals surface area contributed by atoms with Gasteiger partial charge < -0.3 is 14.6 Å². The molecule has 2 bridgehead atoms. The molecule has 3 saturated heterocycles. The lowest BCUT2D eigenvalue weighted by Crippen LogP contribution is -2.46. The molecule has 6 rings (SSSR count). The van der Waals surface area contributed by atoms with Crippen molar-refractivity contribution in [2.24, 2.45) is 0 Å². The van der Waals surface area contributed by atoms with Crippen molar-refractivity contribution in [3.8, 4) is 0 Å². The van der Waals surface area contributed by atoms with Gasteiger partial charge in [-0.1, -0.05) is 0 Å². The molecular formula is C19H23FN4O2. The number of carbonyl (C=O) groups excluding carboxylic acids is 1. The normalized spacial score (nSPS) is 29.4. The number of likely N-dealkylation sites (tertiary alicyclic amines) is 1. The van der Waals surface area contributed by atoms with Crippen LogP contribution in [0.3, 0.4) is 0 Å². The molecule has 6 nitrogen and oxygen atoms in total. The van der Waals surface area contributed by atoms with Crippen LogP contribution in [0.4, 0.5) is 4.39 Å². The molecule has 5 heterocycles. The molecule has 7 heteroatoms. The first kappa shape index (κ1) is 16.2. The Bertz CT molecular complexity index is 822. The third-order valence-electron chi connectivity index (χ3n) is 6.58. The number of aromatic amines is 1. The predicted molar refractivity (Wildman–Crippen MR) is 93.3 cm³/mol. The number of nitrogens with zero attached hydrogens (tertiary/aromatic N) is 3. The van der Waals surface area contributed by atoms with Gasteiger partial charge in [0, 0.05) is 18.7 Å². The van der Waals surface area contributed by atoms with Crippen molar-refractivity contribution >= 4 is 17.6 Å². The van der Waals surface area contributed by atoms with Crippen LogP contribution in [0.25, 0.3) is 11.2 Å². The number of pyridine rings is 1. The van der Waals surface area contributed by atoms with E-state index in [0.717, 1.165) is 50.8 Å². The Labute approximate surface area is 151 Å².